The van der Waals surface area contributed by atoms with Crippen molar-refractivity contribution in [2.24, 2.45) is 0 Å². The van der Waals surface area contributed by atoms with Crippen LogP contribution in [0.1, 0.15) is 12.5 Å². The van der Waals surface area contributed by atoms with E-state index in [0.29, 0.717) is 23.6 Å². The monoisotopic (exact) mass is 357 g/mol. The van der Waals surface area contributed by atoms with Gasteiger partial charge in [0.2, 0.25) is 0 Å². The molecule has 130 valence electrons. The summed E-state index contributed by atoms with van der Waals surface area (Å²) in [6.45, 7) is 1.98. The summed E-state index contributed by atoms with van der Waals surface area (Å²) in [7, 11) is -3.40. The van der Waals surface area contributed by atoms with Gasteiger partial charge in [-0.25, -0.2) is 8.42 Å². The van der Waals surface area contributed by atoms with E-state index in [4.69, 9.17) is 10.5 Å². The largest absolute Gasteiger partial charge is 0.487 e. The molecule has 0 aliphatic carbocycles. The van der Waals surface area contributed by atoms with Crippen molar-refractivity contribution in [2.75, 3.05) is 11.5 Å². The SMILES string of the molecule is CCS(=O)(=O)n1cc(-c2ccc(N)c(OCc3ccccc3)c2)cn1. The van der Waals surface area contributed by atoms with Crippen molar-refractivity contribution in [3.63, 3.8) is 0 Å². The zero-order valence-electron chi connectivity index (χ0n) is 13.8. The Morgan fingerprint density at radius 2 is 1.88 bits per heavy atom. The highest BCUT2D eigenvalue weighted by molar-refractivity contribution is 7.89. The lowest BCUT2D eigenvalue weighted by atomic mass is 10.1. The van der Waals surface area contributed by atoms with Crippen LogP contribution in [-0.2, 0) is 16.6 Å². The van der Waals surface area contributed by atoms with Crippen molar-refractivity contribution in [3.05, 3.63) is 66.5 Å². The van der Waals surface area contributed by atoms with E-state index in [9.17, 15) is 8.42 Å². The molecule has 2 aromatic carbocycles. The highest BCUT2D eigenvalue weighted by Gasteiger charge is 2.13. The third-order valence-electron chi connectivity index (χ3n) is 3.79. The van der Waals surface area contributed by atoms with Crippen molar-refractivity contribution in [3.8, 4) is 16.9 Å². The molecule has 3 rings (SSSR count). The predicted molar refractivity (Wildman–Crippen MR) is 97.7 cm³/mol. The molecule has 2 N–H and O–H groups in total. The van der Waals surface area contributed by atoms with E-state index in [1.54, 1.807) is 19.1 Å². The van der Waals surface area contributed by atoms with Gasteiger partial charge in [0.1, 0.15) is 12.4 Å². The maximum Gasteiger partial charge on any atom is 0.253 e. The van der Waals surface area contributed by atoms with Gasteiger partial charge in [-0.05, 0) is 30.2 Å². The number of rotatable bonds is 6. The molecule has 0 fully saturated rings. The number of anilines is 1. The molecule has 6 nitrogen and oxygen atoms in total. The van der Waals surface area contributed by atoms with E-state index < -0.39 is 10.0 Å². The molecular formula is C18H19N3O3S. The minimum atomic E-state index is -3.40. The van der Waals surface area contributed by atoms with E-state index in [1.165, 1.54) is 12.4 Å². The standard InChI is InChI=1S/C18H19N3O3S/c1-2-25(22,23)21-12-16(11-20-21)15-8-9-17(19)18(10-15)24-13-14-6-4-3-5-7-14/h3-12H,2,13,19H2,1H3. The average molecular weight is 357 g/mol. The molecule has 1 aromatic heterocycles. The molecule has 0 bridgehead atoms. The second-order valence-corrected chi connectivity index (χ2v) is 7.64. The van der Waals surface area contributed by atoms with Gasteiger partial charge in [0.25, 0.3) is 10.0 Å². The zero-order valence-corrected chi connectivity index (χ0v) is 14.6. The fraction of sp³-hybridized carbons (Fsp3) is 0.167. The normalized spacial score (nSPS) is 11.4. The molecule has 0 radical (unpaired) electrons. The maximum absolute atomic E-state index is 11.9. The van der Waals surface area contributed by atoms with Crippen molar-refractivity contribution in [1.82, 2.24) is 9.19 Å². The van der Waals surface area contributed by atoms with Gasteiger partial charge in [-0.3, -0.25) is 0 Å². The number of nitrogens with zero attached hydrogens (tertiary/aromatic N) is 2. The molecular weight excluding hydrogens is 338 g/mol. The van der Waals surface area contributed by atoms with Crippen LogP contribution in [0.3, 0.4) is 0 Å². The Morgan fingerprint density at radius 3 is 2.60 bits per heavy atom. The van der Waals surface area contributed by atoms with Gasteiger partial charge in [0.05, 0.1) is 23.8 Å². The first-order chi connectivity index (χ1) is 12.0. The van der Waals surface area contributed by atoms with E-state index >= 15 is 0 Å². The van der Waals surface area contributed by atoms with Gasteiger partial charge in [-0.15, -0.1) is 0 Å². The van der Waals surface area contributed by atoms with Crippen molar-refractivity contribution < 1.29 is 13.2 Å². The Kier molecular flexibility index (Phi) is 4.76. The molecule has 0 atom stereocenters. The van der Waals surface area contributed by atoms with Crippen LogP contribution in [0.2, 0.25) is 0 Å². The minimum Gasteiger partial charge on any atom is -0.487 e. The molecule has 3 aromatic rings. The van der Waals surface area contributed by atoms with Gasteiger partial charge in [0.15, 0.2) is 0 Å². The lowest BCUT2D eigenvalue weighted by Crippen LogP contribution is -2.14. The van der Waals surface area contributed by atoms with E-state index in [-0.39, 0.29) is 5.75 Å². The molecule has 0 aliphatic heterocycles. The third kappa shape index (κ3) is 3.83. The lowest BCUT2D eigenvalue weighted by Gasteiger charge is -2.10. The topological polar surface area (TPSA) is 87.2 Å². The van der Waals surface area contributed by atoms with E-state index in [1.807, 2.05) is 36.4 Å². The number of nitrogens with two attached hydrogens (primary N) is 1. The van der Waals surface area contributed by atoms with E-state index in [0.717, 1.165) is 15.2 Å². The highest BCUT2D eigenvalue weighted by Crippen LogP contribution is 2.29. The first kappa shape index (κ1) is 17.0. The van der Waals surface area contributed by atoms with Gasteiger partial charge >= 0.3 is 0 Å². The predicted octanol–water partition coefficient (Wildman–Crippen LogP) is 2.91. The Morgan fingerprint density at radius 1 is 1.12 bits per heavy atom. The molecule has 0 amide bonds. The first-order valence-electron chi connectivity index (χ1n) is 7.84. The summed E-state index contributed by atoms with van der Waals surface area (Å²) < 4.78 is 30.6. The van der Waals surface area contributed by atoms with Gasteiger partial charge in [0, 0.05) is 5.56 Å². The summed E-state index contributed by atoms with van der Waals surface area (Å²) in [6, 6.07) is 15.1. The van der Waals surface area contributed by atoms with Crippen LogP contribution in [0, 0.1) is 0 Å². The van der Waals surface area contributed by atoms with Crippen molar-refractivity contribution >= 4 is 15.7 Å². The number of benzene rings is 2. The number of nitrogen functional groups attached to an aromatic ring is 1. The fourth-order valence-electron chi connectivity index (χ4n) is 2.31. The second-order valence-electron chi connectivity index (χ2n) is 5.53. The summed E-state index contributed by atoms with van der Waals surface area (Å²) >= 11 is 0. The molecule has 0 spiro atoms. The van der Waals surface area contributed by atoms with Crippen LogP contribution in [0.5, 0.6) is 5.75 Å². The van der Waals surface area contributed by atoms with E-state index in [2.05, 4.69) is 5.10 Å². The van der Waals surface area contributed by atoms with Gasteiger partial charge < -0.3 is 10.5 Å². The lowest BCUT2D eigenvalue weighted by molar-refractivity contribution is 0.308. The van der Waals surface area contributed by atoms with Crippen LogP contribution >= 0.6 is 0 Å². The highest BCUT2D eigenvalue weighted by atomic mass is 32.2. The number of ether oxygens (including phenoxy) is 1. The number of hydrogen-bond acceptors (Lipinski definition) is 5. The molecule has 1 heterocycles. The Balaban J connectivity index is 1.84. The van der Waals surface area contributed by atoms with Crippen LogP contribution in [-0.4, -0.2) is 23.4 Å². The molecule has 25 heavy (non-hydrogen) atoms. The number of hydrogen-bond donors (Lipinski definition) is 1. The maximum atomic E-state index is 11.9. The van der Waals surface area contributed by atoms with Crippen LogP contribution in [0.4, 0.5) is 5.69 Å². The minimum absolute atomic E-state index is 0.0126. The summed E-state index contributed by atoms with van der Waals surface area (Å²) in [5, 5.41) is 3.94. The smallest absolute Gasteiger partial charge is 0.253 e. The summed E-state index contributed by atoms with van der Waals surface area (Å²) in [6.07, 6.45) is 3.01. The molecule has 0 unspecified atom stereocenters. The van der Waals surface area contributed by atoms with Crippen LogP contribution < -0.4 is 10.5 Å². The molecule has 0 saturated carbocycles. The van der Waals surface area contributed by atoms with Gasteiger partial charge in [-0.1, -0.05) is 36.4 Å². The Bertz CT molecular complexity index is 966. The van der Waals surface area contributed by atoms with Crippen molar-refractivity contribution in [1.29, 1.82) is 0 Å². The average Bonchev–Trinajstić information content (AvgIpc) is 3.13. The van der Waals surface area contributed by atoms with Gasteiger partial charge in [-0.2, -0.15) is 9.19 Å². The summed E-state index contributed by atoms with van der Waals surface area (Å²) in [5.41, 5.74) is 9.01. The first-order valence-corrected chi connectivity index (χ1v) is 9.45. The quantitative estimate of drug-likeness (QED) is 0.686. The molecule has 0 saturated heterocycles. The second kappa shape index (κ2) is 6.98. The van der Waals surface area contributed by atoms with Crippen LogP contribution in [0.15, 0.2) is 60.9 Å². The summed E-state index contributed by atoms with van der Waals surface area (Å²) in [4.78, 5) is 0. The molecule has 7 heteroatoms. The summed E-state index contributed by atoms with van der Waals surface area (Å²) in [5.74, 6) is 0.536. The Hall–Kier alpha value is -2.80. The van der Waals surface area contributed by atoms with Crippen LogP contribution in [0.25, 0.3) is 11.1 Å². The van der Waals surface area contributed by atoms with Crippen molar-refractivity contribution in [2.45, 2.75) is 13.5 Å². The Labute approximate surface area is 146 Å². The number of aromatic nitrogens is 2. The zero-order chi connectivity index (χ0) is 17.9. The molecule has 0 aliphatic rings. The third-order valence-corrected chi connectivity index (χ3v) is 5.29. The fourth-order valence-corrected chi connectivity index (χ4v) is 3.04.